The minimum Gasteiger partial charge on any atom is -0.496 e. The van der Waals surface area contributed by atoms with E-state index in [1.807, 2.05) is 18.2 Å². The van der Waals surface area contributed by atoms with Crippen LogP contribution in [0.2, 0.25) is 0 Å². The topological polar surface area (TPSA) is 21.7 Å². The molecule has 1 aliphatic rings. The Balaban J connectivity index is 2.35. The van der Waals surface area contributed by atoms with Crippen molar-refractivity contribution in [2.75, 3.05) is 27.3 Å². The Morgan fingerprint density at radius 2 is 1.89 bits per heavy atom. The largest absolute Gasteiger partial charge is 0.496 e. The molecular formula is C15H23NO2. The van der Waals surface area contributed by atoms with Gasteiger partial charge in [0.2, 0.25) is 0 Å². The lowest BCUT2D eigenvalue weighted by atomic mass is 10.0. The number of rotatable bonds is 5. The molecule has 0 unspecified atom stereocenters. The number of ether oxygens (including phenoxy) is 2. The molecule has 1 heterocycles. The Hall–Kier alpha value is -1.22. The first kappa shape index (κ1) is 13.2. The molecule has 0 N–H and O–H groups in total. The van der Waals surface area contributed by atoms with E-state index in [0.29, 0.717) is 6.04 Å². The summed E-state index contributed by atoms with van der Waals surface area (Å²) in [6.07, 6.45) is 3.64. The summed E-state index contributed by atoms with van der Waals surface area (Å²) in [7, 11) is 3.47. The monoisotopic (exact) mass is 249 g/mol. The molecule has 1 aromatic carbocycles. The first-order valence-corrected chi connectivity index (χ1v) is 6.76. The predicted octanol–water partition coefficient (Wildman–Crippen LogP) is 3.25. The van der Waals surface area contributed by atoms with Crippen LogP contribution in [0.3, 0.4) is 0 Å². The maximum absolute atomic E-state index is 5.52. The van der Waals surface area contributed by atoms with Crippen LogP contribution in [0.1, 0.15) is 37.8 Å². The van der Waals surface area contributed by atoms with E-state index in [1.54, 1.807) is 14.2 Å². The van der Waals surface area contributed by atoms with Gasteiger partial charge in [-0.15, -0.1) is 0 Å². The Kier molecular flexibility index (Phi) is 4.48. The van der Waals surface area contributed by atoms with Gasteiger partial charge in [0.1, 0.15) is 11.5 Å². The molecule has 1 aliphatic heterocycles. The molecule has 1 saturated heterocycles. The molecule has 0 aliphatic carbocycles. The lowest BCUT2D eigenvalue weighted by molar-refractivity contribution is 0.245. The summed E-state index contributed by atoms with van der Waals surface area (Å²) in [5.41, 5.74) is 1.22. The number of hydrogen-bond donors (Lipinski definition) is 0. The van der Waals surface area contributed by atoms with Crippen LogP contribution in [0, 0.1) is 0 Å². The van der Waals surface area contributed by atoms with Crippen molar-refractivity contribution in [1.29, 1.82) is 0 Å². The molecular weight excluding hydrogens is 226 g/mol. The highest BCUT2D eigenvalue weighted by molar-refractivity contribution is 5.47. The third-order valence-corrected chi connectivity index (χ3v) is 3.67. The van der Waals surface area contributed by atoms with Crippen molar-refractivity contribution in [1.82, 2.24) is 4.90 Å². The van der Waals surface area contributed by atoms with Gasteiger partial charge in [-0.05, 0) is 44.5 Å². The zero-order valence-corrected chi connectivity index (χ0v) is 11.6. The highest BCUT2D eigenvalue weighted by atomic mass is 16.5. The quantitative estimate of drug-likeness (QED) is 0.799. The minimum absolute atomic E-state index is 0.441. The lowest BCUT2D eigenvalue weighted by Gasteiger charge is -2.27. The van der Waals surface area contributed by atoms with Gasteiger partial charge in [-0.2, -0.15) is 0 Å². The molecule has 1 aromatic rings. The molecule has 18 heavy (non-hydrogen) atoms. The number of benzene rings is 1. The number of likely N-dealkylation sites (tertiary alicyclic amines) is 1. The molecule has 0 spiro atoms. The van der Waals surface area contributed by atoms with Gasteiger partial charge >= 0.3 is 0 Å². The van der Waals surface area contributed by atoms with Crippen LogP contribution in [-0.4, -0.2) is 32.2 Å². The summed E-state index contributed by atoms with van der Waals surface area (Å²) in [5, 5.41) is 0. The first-order valence-electron chi connectivity index (χ1n) is 6.76. The molecule has 0 bridgehead atoms. The second-order valence-electron chi connectivity index (χ2n) is 4.77. The van der Waals surface area contributed by atoms with Crippen molar-refractivity contribution in [2.45, 2.75) is 32.2 Å². The van der Waals surface area contributed by atoms with Gasteiger partial charge in [-0.25, -0.2) is 0 Å². The SMILES string of the molecule is CCCN1CCC[C@H]1c1c(OC)cccc1OC. The molecule has 1 atom stereocenters. The summed E-state index contributed by atoms with van der Waals surface area (Å²) in [5.74, 6) is 1.89. The fraction of sp³-hybridized carbons (Fsp3) is 0.600. The van der Waals surface area contributed by atoms with Gasteiger partial charge in [0, 0.05) is 6.04 Å². The highest BCUT2D eigenvalue weighted by Gasteiger charge is 2.30. The van der Waals surface area contributed by atoms with E-state index in [0.717, 1.165) is 18.0 Å². The second-order valence-corrected chi connectivity index (χ2v) is 4.77. The maximum Gasteiger partial charge on any atom is 0.127 e. The molecule has 0 saturated carbocycles. The van der Waals surface area contributed by atoms with Crippen molar-refractivity contribution >= 4 is 0 Å². The average molecular weight is 249 g/mol. The molecule has 0 aromatic heterocycles. The summed E-state index contributed by atoms with van der Waals surface area (Å²) >= 11 is 0. The summed E-state index contributed by atoms with van der Waals surface area (Å²) < 4.78 is 11.0. The zero-order chi connectivity index (χ0) is 13.0. The summed E-state index contributed by atoms with van der Waals surface area (Å²) in [4.78, 5) is 2.54. The van der Waals surface area contributed by atoms with Crippen LogP contribution in [0.15, 0.2) is 18.2 Å². The van der Waals surface area contributed by atoms with E-state index in [-0.39, 0.29) is 0 Å². The van der Waals surface area contributed by atoms with Crippen LogP contribution in [0.4, 0.5) is 0 Å². The normalized spacial score (nSPS) is 20.1. The summed E-state index contributed by atoms with van der Waals surface area (Å²) in [6.45, 7) is 4.56. The van der Waals surface area contributed by atoms with Crippen molar-refractivity contribution in [2.24, 2.45) is 0 Å². The van der Waals surface area contributed by atoms with Gasteiger partial charge in [0.25, 0.3) is 0 Å². The van der Waals surface area contributed by atoms with Gasteiger partial charge in [-0.3, -0.25) is 4.90 Å². The third-order valence-electron chi connectivity index (χ3n) is 3.67. The molecule has 1 fully saturated rings. The number of hydrogen-bond acceptors (Lipinski definition) is 3. The van der Waals surface area contributed by atoms with Crippen molar-refractivity contribution in [3.05, 3.63) is 23.8 Å². The third kappa shape index (κ3) is 2.46. The van der Waals surface area contributed by atoms with Crippen molar-refractivity contribution in [3.8, 4) is 11.5 Å². The van der Waals surface area contributed by atoms with E-state index in [1.165, 1.54) is 31.4 Å². The molecule has 3 nitrogen and oxygen atoms in total. The van der Waals surface area contributed by atoms with E-state index in [2.05, 4.69) is 11.8 Å². The number of nitrogens with zero attached hydrogens (tertiary/aromatic N) is 1. The van der Waals surface area contributed by atoms with E-state index >= 15 is 0 Å². The Morgan fingerprint density at radius 1 is 1.22 bits per heavy atom. The first-order chi connectivity index (χ1) is 8.81. The van der Waals surface area contributed by atoms with Crippen LogP contribution < -0.4 is 9.47 Å². The van der Waals surface area contributed by atoms with Gasteiger partial charge in [-0.1, -0.05) is 13.0 Å². The predicted molar refractivity (Wildman–Crippen MR) is 73.4 cm³/mol. The molecule has 0 amide bonds. The lowest BCUT2D eigenvalue weighted by Crippen LogP contribution is -2.24. The van der Waals surface area contributed by atoms with E-state index in [4.69, 9.17) is 9.47 Å². The van der Waals surface area contributed by atoms with E-state index < -0.39 is 0 Å². The van der Waals surface area contributed by atoms with Crippen LogP contribution in [0.25, 0.3) is 0 Å². The van der Waals surface area contributed by atoms with Crippen molar-refractivity contribution < 1.29 is 9.47 Å². The smallest absolute Gasteiger partial charge is 0.127 e. The van der Waals surface area contributed by atoms with Gasteiger partial charge in [0.05, 0.1) is 19.8 Å². The Labute approximate surface area is 110 Å². The van der Waals surface area contributed by atoms with Crippen LogP contribution in [0.5, 0.6) is 11.5 Å². The fourth-order valence-electron chi connectivity index (χ4n) is 2.92. The van der Waals surface area contributed by atoms with Gasteiger partial charge < -0.3 is 9.47 Å². The molecule has 0 radical (unpaired) electrons. The van der Waals surface area contributed by atoms with Crippen LogP contribution in [-0.2, 0) is 0 Å². The average Bonchev–Trinajstić information content (AvgIpc) is 2.86. The number of methoxy groups -OCH3 is 2. The van der Waals surface area contributed by atoms with E-state index in [9.17, 15) is 0 Å². The maximum atomic E-state index is 5.52. The summed E-state index contributed by atoms with van der Waals surface area (Å²) in [6, 6.07) is 6.48. The molecule has 2 rings (SSSR count). The molecule has 3 heteroatoms. The molecule has 100 valence electrons. The van der Waals surface area contributed by atoms with Crippen LogP contribution >= 0.6 is 0 Å². The van der Waals surface area contributed by atoms with Gasteiger partial charge in [0.15, 0.2) is 0 Å². The highest BCUT2D eigenvalue weighted by Crippen LogP contribution is 2.42. The zero-order valence-electron chi connectivity index (χ0n) is 11.6. The standard InChI is InChI=1S/C15H23NO2/c1-4-10-16-11-6-7-12(16)15-13(17-2)8-5-9-14(15)18-3/h5,8-9,12H,4,6-7,10-11H2,1-3H3/t12-/m0/s1. The Bertz CT molecular complexity index is 370. The second kappa shape index (κ2) is 6.10. The fourth-order valence-corrected chi connectivity index (χ4v) is 2.92. The minimum atomic E-state index is 0.441. The van der Waals surface area contributed by atoms with Crippen molar-refractivity contribution in [3.63, 3.8) is 0 Å². The Morgan fingerprint density at radius 3 is 2.44 bits per heavy atom.